The molecule has 2 aromatic heterocycles. The molecule has 0 aliphatic heterocycles. The van der Waals surface area contributed by atoms with Crippen LogP contribution in [0.1, 0.15) is 16.2 Å². The Hall–Kier alpha value is -2.23. The van der Waals surface area contributed by atoms with Gasteiger partial charge in [-0.25, -0.2) is 0 Å². The number of aryl methyl sites for hydroxylation is 1. The molecule has 0 radical (unpaired) electrons. The van der Waals surface area contributed by atoms with Crippen molar-refractivity contribution in [2.24, 2.45) is 7.05 Å². The maximum absolute atomic E-state index is 11.6. The van der Waals surface area contributed by atoms with E-state index in [4.69, 9.17) is 0 Å². The highest BCUT2D eigenvalue weighted by atomic mass is 16.1. The number of aromatic nitrogens is 3. The van der Waals surface area contributed by atoms with Crippen LogP contribution in [0.2, 0.25) is 0 Å². The van der Waals surface area contributed by atoms with Crippen molar-refractivity contribution < 1.29 is 4.79 Å². The molecule has 0 saturated carbocycles. The maximum Gasteiger partial charge on any atom is 0.206 e. The predicted molar refractivity (Wildman–Crippen MR) is 60.8 cm³/mol. The number of allylic oxidation sites excluding steroid dienone is 1. The number of ketones is 1. The van der Waals surface area contributed by atoms with E-state index in [9.17, 15) is 4.79 Å². The Kier molecular flexibility index (Phi) is 2.91. The second-order valence-corrected chi connectivity index (χ2v) is 3.33. The van der Waals surface area contributed by atoms with Gasteiger partial charge in [-0.05, 0) is 30.4 Å². The van der Waals surface area contributed by atoms with Crippen molar-refractivity contribution in [1.29, 1.82) is 0 Å². The van der Waals surface area contributed by atoms with E-state index >= 15 is 0 Å². The van der Waals surface area contributed by atoms with Crippen molar-refractivity contribution in [3.05, 3.63) is 54.1 Å². The van der Waals surface area contributed by atoms with Crippen molar-refractivity contribution in [3.8, 4) is 0 Å². The summed E-state index contributed by atoms with van der Waals surface area (Å²) in [5.41, 5.74) is 1.20. The molecule has 0 N–H and O–H groups in total. The summed E-state index contributed by atoms with van der Waals surface area (Å²) in [7, 11) is 1.78. The van der Waals surface area contributed by atoms with Gasteiger partial charge in [0.25, 0.3) is 0 Å². The van der Waals surface area contributed by atoms with Crippen molar-refractivity contribution >= 4 is 11.9 Å². The maximum atomic E-state index is 11.6. The Morgan fingerprint density at radius 3 is 2.88 bits per heavy atom. The summed E-state index contributed by atoms with van der Waals surface area (Å²) in [5.74, 6) is -0.119. The molecule has 0 fully saturated rings. The first kappa shape index (κ1) is 10.3. The molecule has 16 heavy (non-hydrogen) atoms. The first-order valence-corrected chi connectivity index (χ1v) is 4.89. The smallest absolute Gasteiger partial charge is 0.206 e. The van der Waals surface area contributed by atoms with Crippen molar-refractivity contribution in [2.45, 2.75) is 0 Å². The molecule has 0 aliphatic carbocycles. The number of carbonyl (C=O) groups excluding carboxylic acids is 1. The molecule has 0 bridgehead atoms. The third-order valence-corrected chi connectivity index (χ3v) is 2.06. The van der Waals surface area contributed by atoms with Gasteiger partial charge in [0.2, 0.25) is 5.78 Å². The average Bonchev–Trinajstić information content (AvgIpc) is 2.74. The quantitative estimate of drug-likeness (QED) is 0.576. The van der Waals surface area contributed by atoms with E-state index in [1.54, 1.807) is 36.3 Å². The second kappa shape index (κ2) is 4.53. The predicted octanol–water partition coefficient (Wildman–Crippen LogP) is 1.71. The van der Waals surface area contributed by atoms with Gasteiger partial charge in [0.05, 0.1) is 5.69 Å². The highest BCUT2D eigenvalue weighted by Gasteiger charge is 2.04. The fourth-order valence-electron chi connectivity index (χ4n) is 1.27. The molecule has 0 amide bonds. The van der Waals surface area contributed by atoms with Crippen LogP contribution in [0.15, 0.2) is 42.7 Å². The zero-order chi connectivity index (χ0) is 11.4. The Morgan fingerprint density at radius 1 is 1.38 bits per heavy atom. The van der Waals surface area contributed by atoms with Gasteiger partial charge in [0.1, 0.15) is 5.69 Å². The molecule has 0 saturated heterocycles. The summed E-state index contributed by atoms with van der Waals surface area (Å²) < 4.78 is 1.60. The largest absolute Gasteiger partial charge is 0.287 e. The van der Waals surface area contributed by atoms with E-state index < -0.39 is 0 Å². The summed E-state index contributed by atoms with van der Waals surface area (Å²) in [4.78, 5) is 15.7. The summed E-state index contributed by atoms with van der Waals surface area (Å²) in [6.07, 6.45) is 6.58. The molecule has 2 aromatic rings. The number of hydrogen-bond donors (Lipinski definition) is 0. The number of carbonyl (C=O) groups is 1. The lowest BCUT2D eigenvalue weighted by Gasteiger charge is -1.90. The van der Waals surface area contributed by atoms with Crippen LogP contribution in [-0.2, 0) is 7.05 Å². The van der Waals surface area contributed by atoms with Gasteiger partial charge in [-0.15, -0.1) is 0 Å². The first-order chi connectivity index (χ1) is 7.75. The zero-order valence-corrected chi connectivity index (χ0v) is 8.87. The Morgan fingerprint density at radius 2 is 2.25 bits per heavy atom. The molecule has 0 spiro atoms. The molecule has 0 aliphatic rings. The summed E-state index contributed by atoms with van der Waals surface area (Å²) in [6, 6.07) is 7.23. The summed E-state index contributed by atoms with van der Waals surface area (Å²) in [5, 5.41) is 4.02. The number of hydrogen-bond acceptors (Lipinski definition) is 3. The minimum atomic E-state index is -0.119. The van der Waals surface area contributed by atoms with Crippen molar-refractivity contribution in [2.75, 3.05) is 0 Å². The molecule has 0 atom stereocenters. The minimum absolute atomic E-state index is 0.119. The number of nitrogens with zero attached hydrogens (tertiary/aromatic N) is 3. The summed E-state index contributed by atoms with van der Waals surface area (Å²) >= 11 is 0. The fraction of sp³-hybridized carbons (Fsp3) is 0.0833. The zero-order valence-electron chi connectivity index (χ0n) is 8.87. The first-order valence-electron chi connectivity index (χ1n) is 4.89. The fourth-order valence-corrected chi connectivity index (χ4v) is 1.27. The molecule has 80 valence electrons. The van der Waals surface area contributed by atoms with Crippen LogP contribution in [0.4, 0.5) is 0 Å². The van der Waals surface area contributed by atoms with E-state index in [1.165, 1.54) is 6.08 Å². The molecular weight excluding hydrogens is 202 g/mol. The number of rotatable bonds is 3. The van der Waals surface area contributed by atoms with E-state index in [1.807, 2.05) is 18.2 Å². The van der Waals surface area contributed by atoms with Gasteiger partial charge in [-0.2, -0.15) is 5.10 Å². The van der Waals surface area contributed by atoms with Gasteiger partial charge < -0.3 is 0 Å². The lowest BCUT2D eigenvalue weighted by atomic mass is 10.2. The molecular formula is C12H11N3O. The molecule has 0 aromatic carbocycles. The van der Waals surface area contributed by atoms with E-state index in [-0.39, 0.29) is 5.78 Å². The van der Waals surface area contributed by atoms with Gasteiger partial charge in [-0.3, -0.25) is 14.5 Å². The van der Waals surface area contributed by atoms with Crippen LogP contribution < -0.4 is 0 Å². The van der Waals surface area contributed by atoms with Crippen LogP contribution in [0, 0.1) is 0 Å². The van der Waals surface area contributed by atoms with Gasteiger partial charge in [0, 0.05) is 19.4 Å². The van der Waals surface area contributed by atoms with Crippen LogP contribution in [0.25, 0.3) is 6.08 Å². The highest BCUT2D eigenvalue weighted by Crippen LogP contribution is 2.01. The Labute approximate surface area is 93.2 Å². The molecule has 4 nitrogen and oxygen atoms in total. The average molecular weight is 213 g/mol. The molecule has 2 heterocycles. The minimum Gasteiger partial charge on any atom is -0.287 e. The Balaban J connectivity index is 2.11. The lowest BCUT2D eigenvalue weighted by Crippen LogP contribution is -1.97. The molecule has 4 heteroatoms. The van der Waals surface area contributed by atoms with Crippen LogP contribution in [-0.4, -0.2) is 20.5 Å². The third-order valence-electron chi connectivity index (χ3n) is 2.06. The topological polar surface area (TPSA) is 47.8 Å². The van der Waals surface area contributed by atoms with E-state index in [0.29, 0.717) is 5.69 Å². The standard InChI is InChI=1S/C12H11N3O/c1-15-9-7-11(14-15)12(16)6-5-10-4-2-3-8-13-10/h2-9H,1H3/b6-5+. The van der Waals surface area contributed by atoms with Crippen molar-refractivity contribution in [1.82, 2.24) is 14.8 Å². The van der Waals surface area contributed by atoms with Gasteiger partial charge >= 0.3 is 0 Å². The van der Waals surface area contributed by atoms with Gasteiger partial charge in [-0.1, -0.05) is 6.07 Å². The lowest BCUT2D eigenvalue weighted by molar-refractivity contribution is 0.104. The number of pyridine rings is 1. The van der Waals surface area contributed by atoms with Gasteiger partial charge in [0.15, 0.2) is 0 Å². The van der Waals surface area contributed by atoms with Crippen molar-refractivity contribution in [3.63, 3.8) is 0 Å². The monoisotopic (exact) mass is 213 g/mol. The second-order valence-electron chi connectivity index (χ2n) is 3.33. The summed E-state index contributed by atoms with van der Waals surface area (Å²) in [6.45, 7) is 0. The van der Waals surface area contributed by atoms with Crippen LogP contribution >= 0.6 is 0 Å². The van der Waals surface area contributed by atoms with E-state index in [0.717, 1.165) is 5.69 Å². The molecule has 2 rings (SSSR count). The third kappa shape index (κ3) is 2.42. The van der Waals surface area contributed by atoms with Crippen LogP contribution in [0.3, 0.4) is 0 Å². The normalized spacial score (nSPS) is 10.8. The highest BCUT2D eigenvalue weighted by molar-refractivity contribution is 6.05. The molecule has 0 unspecified atom stereocenters. The van der Waals surface area contributed by atoms with Crippen LogP contribution in [0.5, 0.6) is 0 Å². The van der Waals surface area contributed by atoms with E-state index in [2.05, 4.69) is 10.1 Å². The SMILES string of the molecule is Cn1ccc(C(=O)/C=C/c2ccccn2)n1. The Bertz CT molecular complexity index is 514.